The van der Waals surface area contributed by atoms with Crippen LogP contribution >= 0.6 is 12.4 Å². The summed E-state index contributed by atoms with van der Waals surface area (Å²) in [5.74, 6) is -1.08. The predicted molar refractivity (Wildman–Crippen MR) is 103 cm³/mol. The summed E-state index contributed by atoms with van der Waals surface area (Å²) in [4.78, 5) is 11.2. The van der Waals surface area contributed by atoms with Crippen LogP contribution in [0.5, 0.6) is 5.75 Å². The normalized spacial score (nSPS) is 13.1. The van der Waals surface area contributed by atoms with Crippen LogP contribution in [0.4, 0.5) is 26.3 Å². The van der Waals surface area contributed by atoms with E-state index in [4.69, 9.17) is 4.52 Å². The number of aromatic nitrogens is 4. The van der Waals surface area contributed by atoms with E-state index < -0.39 is 29.8 Å². The smallest absolute Gasteiger partial charge is 0.425 e. The Morgan fingerprint density at radius 3 is 2.50 bits per heavy atom. The lowest BCUT2D eigenvalue weighted by atomic mass is 10.1. The van der Waals surface area contributed by atoms with E-state index in [0.29, 0.717) is 29.6 Å². The molecule has 0 fully saturated rings. The molecule has 32 heavy (non-hydrogen) atoms. The molecule has 0 saturated heterocycles. The van der Waals surface area contributed by atoms with Crippen molar-refractivity contribution in [2.24, 2.45) is 0 Å². The number of pyridine rings is 1. The zero-order chi connectivity index (χ0) is 22.4. The summed E-state index contributed by atoms with van der Waals surface area (Å²) in [6.45, 7) is 0.620. The molecule has 6 nitrogen and oxygen atoms in total. The Kier molecular flexibility index (Phi) is 6.09. The third kappa shape index (κ3) is 4.49. The Morgan fingerprint density at radius 1 is 1.06 bits per heavy atom. The number of nitrogens with zero attached hydrogens (tertiary/aromatic N) is 3. The van der Waals surface area contributed by atoms with Gasteiger partial charge in [-0.3, -0.25) is 0 Å². The van der Waals surface area contributed by atoms with Gasteiger partial charge in [0, 0.05) is 28.9 Å². The number of fused-ring (bicyclic) bond motifs is 1. The number of halogens is 7. The van der Waals surface area contributed by atoms with Crippen molar-refractivity contribution >= 4 is 23.4 Å². The second-order valence-corrected chi connectivity index (χ2v) is 6.53. The number of H-pyrrole nitrogens is 1. The average molecular weight is 479 g/mol. The maximum absolute atomic E-state index is 13.5. The lowest BCUT2D eigenvalue weighted by molar-refractivity contribution is -0.191. The third-order valence-electron chi connectivity index (χ3n) is 4.42. The van der Waals surface area contributed by atoms with Crippen molar-refractivity contribution in [3.8, 4) is 28.6 Å². The van der Waals surface area contributed by atoms with Crippen LogP contribution in [0.15, 0.2) is 47.2 Å². The molecule has 13 heteroatoms. The van der Waals surface area contributed by atoms with E-state index in [-0.39, 0.29) is 29.7 Å². The van der Waals surface area contributed by atoms with Gasteiger partial charge in [-0.05, 0) is 37.3 Å². The summed E-state index contributed by atoms with van der Waals surface area (Å²) in [6.07, 6.45) is -9.07. The molecule has 0 aliphatic heterocycles. The van der Waals surface area contributed by atoms with Gasteiger partial charge in [0.25, 0.3) is 5.89 Å². The molecule has 1 atom stereocenters. The summed E-state index contributed by atoms with van der Waals surface area (Å²) >= 11 is 0. The van der Waals surface area contributed by atoms with E-state index in [1.165, 1.54) is 6.20 Å². The molecule has 0 amide bonds. The molecule has 4 aromatic rings. The topological polar surface area (TPSA) is 76.8 Å². The van der Waals surface area contributed by atoms with E-state index in [1.807, 2.05) is 0 Å². The van der Waals surface area contributed by atoms with Gasteiger partial charge in [0.1, 0.15) is 11.4 Å². The fourth-order valence-corrected chi connectivity index (χ4v) is 2.85. The fraction of sp³-hybridized carbons (Fsp3) is 0.211. The molecule has 0 bridgehead atoms. The Hall–Kier alpha value is -3.28. The van der Waals surface area contributed by atoms with Crippen molar-refractivity contribution < 1.29 is 35.6 Å². The maximum atomic E-state index is 13.5. The van der Waals surface area contributed by atoms with Crippen LogP contribution in [0.2, 0.25) is 0 Å². The average Bonchev–Trinajstić information content (AvgIpc) is 3.36. The molecular weight excluding hydrogens is 466 g/mol. The number of hydrogen-bond donors (Lipinski definition) is 1. The van der Waals surface area contributed by atoms with E-state index in [2.05, 4.69) is 24.8 Å². The van der Waals surface area contributed by atoms with E-state index >= 15 is 0 Å². The Bertz CT molecular complexity index is 1230. The van der Waals surface area contributed by atoms with Gasteiger partial charge in [-0.25, -0.2) is 4.98 Å². The van der Waals surface area contributed by atoms with Crippen LogP contribution in [-0.4, -0.2) is 32.4 Å². The van der Waals surface area contributed by atoms with Gasteiger partial charge in [-0.1, -0.05) is 5.16 Å². The largest absolute Gasteiger partial charge is 0.481 e. The number of alkyl halides is 6. The number of benzene rings is 1. The van der Waals surface area contributed by atoms with Crippen LogP contribution in [0.3, 0.4) is 0 Å². The molecule has 0 spiro atoms. The van der Waals surface area contributed by atoms with Gasteiger partial charge in [0.05, 0.1) is 5.56 Å². The van der Waals surface area contributed by atoms with Crippen LogP contribution in [0.1, 0.15) is 12.5 Å². The Balaban J connectivity index is 0.00000289. The molecule has 0 saturated carbocycles. The Labute approximate surface area is 182 Å². The molecule has 1 aromatic carbocycles. The van der Waals surface area contributed by atoms with Gasteiger partial charge in [0.2, 0.25) is 5.82 Å². The van der Waals surface area contributed by atoms with Crippen molar-refractivity contribution in [3.63, 3.8) is 0 Å². The molecule has 0 aliphatic rings. The molecule has 1 N–H and O–H groups in total. The van der Waals surface area contributed by atoms with Crippen molar-refractivity contribution in [2.75, 3.05) is 0 Å². The number of nitrogens with one attached hydrogen (secondary N) is 1. The highest BCUT2D eigenvalue weighted by atomic mass is 35.5. The number of rotatable bonds is 4. The van der Waals surface area contributed by atoms with Gasteiger partial charge < -0.3 is 14.2 Å². The van der Waals surface area contributed by atoms with Gasteiger partial charge in [0.15, 0.2) is 6.10 Å². The summed E-state index contributed by atoms with van der Waals surface area (Å²) < 4.78 is 88.1. The first-order valence-corrected chi connectivity index (χ1v) is 8.75. The minimum absolute atomic E-state index is 0. The summed E-state index contributed by atoms with van der Waals surface area (Å²) in [5, 5.41) is 4.48. The predicted octanol–water partition coefficient (Wildman–Crippen LogP) is 6.05. The van der Waals surface area contributed by atoms with Crippen LogP contribution < -0.4 is 4.74 Å². The highest BCUT2D eigenvalue weighted by Crippen LogP contribution is 2.40. The molecular formula is C19H13ClF6N4O2. The van der Waals surface area contributed by atoms with Crippen molar-refractivity contribution in [1.29, 1.82) is 0 Å². The van der Waals surface area contributed by atoms with Crippen LogP contribution in [-0.2, 0) is 6.18 Å². The molecule has 0 unspecified atom stereocenters. The van der Waals surface area contributed by atoms with Crippen LogP contribution in [0, 0.1) is 0 Å². The lowest BCUT2D eigenvalue weighted by Crippen LogP contribution is -2.31. The first kappa shape index (κ1) is 23.4. The van der Waals surface area contributed by atoms with E-state index in [9.17, 15) is 26.3 Å². The summed E-state index contributed by atoms with van der Waals surface area (Å²) in [6, 6.07) is 5.85. The lowest BCUT2D eigenvalue weighted by Gasteiger charge is -2.20. The zero-order valence-corrected chi connectivity index (χ0v) is 16.8. The molecule has 4 rings (SSSR count). The minimum Gasteiger partial charge on any atom is -0.481 e. The number of aromatic amines is 1. The highest BCUT2D eigenvalue weighted by molar-refractivity contribution is 5.90. The molecule has 3 heterocycles. The summed E-state index contributed by atoms with van der Waals surface area (Å²) in [7, 11) is 0. The fourth-order valence-electron chi connectivity index (χ4n) is 2.85. The third-order valence-corrected chi connectivity index (χ3v) is 4.42. The molecule has 0 radical (unpaired) electrons. The Morgan fingerprint density at radius 2 is 1.81 bits per heavy atom. The first-order chi connectivity index (χ1) is 14.5. The van der Waals surface area contributed by atoms with Crippen molar-refractivity contribution in [2.45, 2.75) is 25.4 Å². The minimum atomic E-state index is -4.97. The maximum Gasteiger partial charge on any atom is 0.425 e. The molecule has 0 aliphatic carbocycles. The number of hydrogen-bond acceptors (Lipinski definition) is 5. The van der Waals surface area contributed by atoms with Gasteiger partial charge in [-0.2, -0.15) is 31.3 Å². The summed E-state index contributed by atoms with van der Waals surface area (Å²) in [5.41, 5.74) is -0.421. The standard InChI is InChI=1S/C19H12F6N4O2.ClH/c1-9(18(20,21)22)30-14-3-2-10(8-13(14)19(23,24)25)17-28-16(29-31-17)12-5-7-27-15-11(12)4-6-26-15;/h2-9H,1H3,(H,26,27);1H/t9-;/m0./s1. The highest BCUT2D eigenvalue weighted by Gasteiger charge is 2.41. The SMILES string of the molecule is C[C@H](Oc1ccc(-c2nc(-c3ccnc4[nH]ccc34)no2)cc1C(F)(F)F)C(F)(F)F.Cl. The van der Waals surface area contributed by atoms with E-state index in [0.717, 1.165) is 12.1 Å². The zero-order valence-electron chi connectivity index (χ0n) is 16.0. The second-order valence-electron chi connectivity index (χ2n) is 6.53. The van der Waals surface area contributed by atoms with Crippen molar-refractivity contribution in [3.05, 3.63) is 48.3 Å². The number of ether oxygens (including phenoxy) is 1. The van der Waals surface area contributed by atoms with Crippen molar-refractivity contribution in [1.82, 2.24) is 20.1 Å². The van der Waals surface area contributed by atoms with Gasteiger partial charge >= 0.3 is 12.4 Å². The molecule has 3 aromatic heterocycles. The quantitative estimate of drug-likeness (QED) is 0.361. The van der Waals surface area contributed by atoms with E-state index in [1.54, 1.807) is 18.3 Å². The van der Waals surface area contributed by atoms with Gasteiger partial charge in [-0.15, -0.1) is 12.4 Å². The first-order valence-electron chi connectivity index (χ1n) is 8.75. The molecule has 170 valence electrons. The van der Waals surface area contributed by atoms with Crippen LogP contribution in [0.25, 0.3) is 33.9 Å². The monoisotopic (exact) mass is 478 g/mol. The second kappa shape index (κ2) is 8.34.